The molecule has 1 heterocycles. The predicted octanol–water partition coefficient (Wildman–Crippen LogP) is 4.41. The molecular weight excluding hydrogens is 444 g/mol. The highest BCUT2D eigenvalue weighted by molar-refractivity contribution is 5.87. The Hall–Kier alpha value is -3.35. The van der Waals surface area contributed by atoms with Gasteiger partial charge in [-0.15, -0.1) is 0 Å². The van der Waals surface area contributed by atoms with Gasteiger partial charge in [0.05, 0.1) is 5.92 Å². The zero-order valence-electron chi connectivity index (χ0n) is 20.0. The Labute approximate surface area is 205 Å². The number of likely N-dealkylation sites (tertiary alicyclic amines) is 1. The summed E-state index contributed by atoms with van der Waals surface area (Å²) in [6.07, 6.45) is 3.36. The largest absolute Gasteiger partial charge is 0.481 e. The molecule has 2 fully saturated rings. The number of carbonyl (C=O) groups excluding carboxylic acids is 2. The standard InChI is InChI=1S/C28H32N2O5/c1-17-19(27(32)33)14-7-15-30(17)26(31)25(18-8-6-9-18)29-28(34)35-16-24-22-12-4-2-10-20(22)21-11-3-5-13-23(21)24/h2-5,10-13,17-19,24-25H,6-9,14-16H2,1H3,(H,29,34)(H,32,33)/t17-,19-,25?/m0/s1. The van der Waals surface area contributed by atoms with Gasteiger partial charge in [-0.25, -0.2) is 4.79 Å². The van der Waals surface area contributed by atoms with Crippen LogP contribution in [0.5, 0.6) is 0 Å². The molecule has 7 nitrogen and oxygen atoms in total. The number of carboxylic acid groups (broad SMARTS) is 1. The Morgan fingerprint density at radius 1 is 1.00 bits per heavy atom. The van der Waals surface area contributed by atoms with Crippen LogP contribution in [-0.2, 0) is 14.3 Å². The SMILES string of the molecule is C[C@H]1[C@@H](C(=O)O)CCCN1C(=O)C(NC(=O)OCC1c2ccccc2-c2ccccc21)C1CCC1. The van der Waals surface area contributed by atoms with E-state index in [0.717, 1.165) is 41.5 Å². The number of rotatable bonds is 6. The van der Waals surface area contributed by atoms with Crippen LogP contribution >= 0.6 is 0 Å². The highest BCUT2D eigenvalue weighted by atomic mass is 16.5. The first kappa shape index (κ1) is 23.4. The zero-order chi connectivity index (χ0) is 24.5. The van der Waals surface area contributed by atoms with Crippen LogP contribution in [0.3, 0.4) is 0 Å². The molecule has 184 valence electrons. The normalized spacial score (nSPS) is 22.5. The van der Waals surface area contributed by atoms with Crippen LogP contribution < -0.4 is 5.32 Å². The number of nitrogens with one attached hydrogen (secondary N) is 1. The summed E-state index contributed by atoms with van der Waals surface area (Å²) >= 11 is 0. The van der Waals surface area contributed by atoms with Gasteiger partial charge >= 0.3 is 12.1 Å². The van der Waals surface area contributed by atoms with E-state index in [1.165, 1.54) is 0 Å². The first-order valence-electron chi connectivity index (χ1n) is 12.6. The molecule has 3 atom stereocenters. The number of amides is 2. The van der Waals surface area contributed by atoms with Crippen molar-refractivity contribution in [1.29, 1.82) is 0 Å². The number of aliphatic carboxylic acids is 1. The Bertz CT molecular complexity index is 1080. The van der Waals surface area contributed by atoms with Gasteiger partial charge in [-0.1, -0.05) is 55.0 Å². The lowest BCUT2D eigenvalue weighted by Crippen LogP contribution is -2.58. The van der Waals surface area contributed by atoms with Crippen molar-refractivity contribution in [2.75, 3.05) is 13.2 Å². The maximum absolute atomic E-state index is 13.5. The number of benzene rings is 2. The van der Waals surface area contributed by atoms with Crippen molar-refractivity contribution in [3.8, 4) is 11.1 Å². The molecule has 0 aromatic heterocycles. The molecular formula is C28H32N2O5. The van der Waals surface area contributed by atoms with Crippen LogP contribution in [0.15, 0.2) is 48.5 Å². The van der Waals surface area contributed by atoms with Crippen molar-refractivity contribution < 1.29 is 24.2 Å². The lowest BCUT2D eigenvalue weighted by Gasteiger charge is -2.42. The van der Waals surface area contributed by atoms with Crippen molar-refractivity contribution in [1.82, 2.24) is 10.2 Å². The number of hydrogen-bond donors (Lipinski definition) is 2. The number of nitrogens with zero attached hydrogens (tertiary/aromatic N) is 1. The summed E-state index contributed by atoms with van der Waals surface area (Å²) in [5, 5.41) is 12.4. The van der Waals surface area contributed by atoms with Crippen molar-refractivity contribution in [2.24, 2.45) is 11.8 Å². The summed E-state index contributed by atoms with van der Waals surface area (Å²) in [6, 6.07) is 15.2. The van der Waals surface area contributed by atoms with Gasteiger partial charge in [-0.05, 0) is 60.8 Å². The lowest BCUT2D eigenvalue weighted by molar-refractivity contribution is -0.150. The highest BCUT2D eigenvalue weighted by Gasteiger charge is 2.42. The Kier molecular flexibility index (Phi) is 6.50. The zero-order valence-corrected chi connectivity index (χ0v) is 20.0. The second-order valence-corrected chi connectivity index (χ2v) is 10.00. The molecule has 0 spiro atoms. The van der Waals surface area contributed by atoms with Crippen LogP contribution in [0.4, 0.5) is 4.79 Å². The first-order chi connectivity index (χ1) is 17.0. The van der Waals surface area contributed by atoms with Crippen molar-refractivity contribution in [3.05, 3.63) is 59.7 Å². The number of fused-ring (bicyclic) bond motifs is 3. The van der Waals surface area contributed by atoms with E-state index < -0.39 is 30.1 Å². The van der Waals surface area contributed by atoms with E-state index in [1.807, 2.05) is 24.3 Å². The number of piperidine rings is 1. The lowest BCUT2D eigenvalue weighted by atomic mass is 9.78. The van der Waals surface area contributed by atoms with Gasteiger partial charge in [-0.3, -0.25) is 9.59 Å². The number of hydrogen-bond acceptors (Lipinski definition) is 4. The molecule has 2 amide bonds. The van der Waals surface area contributed by atoms with Crippen LogP contribution in [0.2, 0.25) is 0 Å². The predicted molar refractivity (Wildman–Crippen MR) is 131 cm³/mol. The molecule has 0 bridgehead atoms. The van der Waals surface area contributed by atoms with E-state index in [2.05, 4.69) is 29.6 Å². The maximum Gasteiger partial charge on any atom is 0.407 e. The van der Waals surface area contributed by atoms with Gasteiger partial charge < -0.3 is 20.1 Å². The van der Waals surface area contributed by atoms with Crippen LogP contribution in [0.25, 0.3) is 11.1 Å². The molecule has 1 saturated carbocycles. The fraction of sp³-hybridized carbons (Fsp3) is 0.464. The number of carboxylic acids is 1. The second kappa shape index (κ2) is 9.72. The number of alkyl carbamates (subject to hydrolysis) is 1. The average Bonchev–Trinajstić information content (AvgIpc) is 3.14. The Morgan fingerprint density at radius 3 is 2.20 bits per heavy atom. The Morgan fingerprint density at radius 2 is 1.63 bits per heavy atom. The van der Waals surface area contributed by atoms with E-state index in [0.29, 0.717) is 19.4 Å². The molecule has 0 radical (unpaired) electrons. The molecule has 1 aliphatic heterocycles. The fourth-order valence-corrected chi connectivity index (χ4v) is 5.88. The molecule has 2 aliphatic carbocycles. The topological polar surface area (TPSA) is 95.9 Å². The molecule has 1 unspecified atom stereocenters. The third kappa shape index (κ3) is 4.40. The smallest absolute Gasteiger partial charge is 0.407 e. The molecule has 35 heavy (non-hydrogen) atoms. The number of ether oxygens (including phenoxy) is 1. The molecule has 2 aromatic rings. The molecule has 7 heteroatoms. The molecule has 2 aromatic carbocycles. The minimum absolute atomic E-state index is 0.0514. The second-order valence-electron chi connectivity index (χ2n) is 10.00. The monoisotopic (exact) mass is 476 g/mol. The fourth-order valence-electron chi connectivity index (χ4n) is 5.88. The minimum Gasteiger partial charge on any atom is -0.481 e. The van der Waals surface area contributed by atoms with Crippen LogP contribution in [-0.4, -0.2) is 53.2 Å². The van der Waals surface area contributed by atoms with Crippen molar-refractivity contribution >= 4 is 18.0 Å². The van der Waals surface area contributed by atoms with Crippen molar-refractivity contribution in [2.45, 2.75) is 57.0 Å². The summed E-state index contributed by atoms with van der Waals surface area (Å²) in [4.78, 5) is 39.7. The van der Waals surface area contributed by atoms with Gasteiger partial charge in [0.15, 0.2) is 0 Å². The number of carbonyl (C=O) groups is 3. The van der Waals surface area contributed by atoms with E-state index in [9.17, 15) is 19.5 Å². The van der Waals surface area contributed by atoms with Crippen LogP contribution in [0.1, 0.15) is 56.1 Å². The van der Waals surface area contributed by atoms with E-state index in [-0.39, 0.29) is 24.3 Å². The third-order valence-electron chi connectivity index (χ3n) is 8.09. The summed E-state index contributed by atoms with van der Waals surface area (Å²) in [7, 11) is 0. The van der Waals surface area contributed by atoms with Gasteiger partial charge in [-0.2, -0.15) is 0 Å². The van der Waals surface area contributed by atoms with Gasteiger partial charge in [0.1, 0.15) is 12.6 Å². The highest BCUT2D eigenvalue weighted by Crippen LogP contribution is 2.44. The summed E-state index contributed by atoms with van der Waals surface area (Å²) in [6.45, 7) is 2.49. The molecule has 2 N–H and O–H groups in total. The molecule has 5 rings (SSSR count). The molecule has 3 aliphatic rings. The van der Waals surface area contributed by atoms with E-state index in [1.54, 1.807) is 11.8 Å². The minimum atomic E-state index is -0.875. The Balaban J connectivity index is 1.27. The quantitative estimate of drug-likeness (QED) is 0.644. The van der Waals surface area contributed by atoms with E-state index >= 15 is 0 Å². The first-order valence-corrected chi connectivity index (χ1v) is 12.6. The summed E-state index contributed by atoms with van der Waals surface area (Å²) in [5.41, 5.74) is 4.59. The third-order valence-corrected chi connectivity index (χ3v) is 8.09. The van der Waals surface area contributed by atoms with E-state index in [4.69, 9.17) is 4.74 Å². The van der Waals surface area contributed by atoms with Gasteiger partial charge in [0.2, 0.25) is 5.91 Å². The van der Waals surface area contributed by atoms with Crippen molar-refractivity contribution in [3.63, 3.8) is 0 Å². The summed E-state index contributed by atoms with van der Waals surface area (Å²) in [5.74, 6) is -1.64. The maximum atomic E-state index is 13.5. The van der Waals surface area contributed by atoms with Crippen LogP contribution in [0, 0.1) is 11.8 Å². The molecule has 1 saturated heterocycles. The van der Waals surface area contributed by atoms with Gasteiger partial charge in [0.25, 0.3) is 0 Å². The van der Waals surface area contributed by atoms with Gasteiger partial charge in [0, 0.05) is 18.5 Å². The average molecular weight is 477 g/mol. The summed E-state index contributed by atoms with van der Waals surface area (Å²) < 4.78 is 5.70.